The molecule has 2 aromatic carbocycles. The predicted molar refractivity (Wildman–Crippen MR) is 145 cm³/mol. The first kappa shape index (κ1) is 23.2. The summed E-state index contributed by atoms with van der Waals surface area (Å²) in [4.78, 5) is 7.12. The maximum atomic E-state index is 5.92. The maximum absolute atomic E-state index is 5.92. The fourth-order valence-electron chi connectivity index (χ4n) is 4.82. The molecule has 1 saturated heterocycles. The summed E-state index contributed by atoms with van der Waals surface area (Å²) in [5.74, 6) is 1.42. The molecule has 1 N–H and O–H groups in total. The van der Waals surface area contributed by atoms with Gasteiger partial charge in [-0.1, -0.05) is 35.9 Å². The average molecular weight is 494 g/mol. The summed E-state index contributed by atoms with van der Waals surface area (Å²) in [5, 5.41) is 12.6. The Kier molecular flexibility index (Phi) is 6.56. The van der Waals surface area contributed by atoms with Crippen LogP contribution in [0.2, 0.25) is 0 Å². The van der Waals surface area contributed by atoms with E-state index in [4.69, 9.17) is 9.84 Å². The van der Waals surface area contributed by atoms with Crippen molar-refractivity contribution in [3.8, 4) is 17.0 Å². The zero-order valence-corrected chi connectivity index (χ0v) is 21.0. The van der Waals surface area contributed by atoms with E-state index in [1.165, 1.54) is 37.1 Å². The van der Waals surface area contributed by atoms with Gasteiger partial charge in [0.2, 0.25) is 5.95 Å². The lowest BCUT2D eigenvalue weighted by molar-refractivity contribution is 0.238. The smallest absolute Gasteiger partial charge is 0.247 e. The number of aromatic nitrogens is 5. The van der Waals surface area contributed by atoms with Crippen LogP contribution in [0.3, 0.4) is 0 Å². The summed E-state index contributed by atoms with van der Waals surface area (Å²) in [6, 6.07) is 22.4. The lowest BCUT2D eigenvalue weighted by Gasteiger charge is -2.15. The summed E-state index contributed by atoms with van der Waals surface area (Å²) in [5.41, 5.74) is 6.09. The van der Waals surface area contributed by atoms with Gasteiger partial charge in [0.05, 0.1) is 18.4 Å². The minimum atomic E-state index is 0.544. The van der Waals surface area contributed by atoms with Crippen LogP contribution in [-0.4, -0.2) is 55.5 Å². The molecular weight excluding hydrogens is 462 g/mol. The number of anilines is 2. The number of hydrogen-bond acceptors (Lipinski definition) is 6. The molecule has 0 unspecified atom stereocenters. The van der Waals surface area contributed by atoms with E-state index >= 15 is 0 Å². The highest BCUT2D eigenvalue weighted by molar-refractivity contribution is 5.64. The van der Waals surface area contributed by atoms with Crippen molar-refractivity contribution < 1.29 is 4.74 Å². The van der Waals surface area contributed by atoms with Crippen molar-refractivity contribution >= 4 is 17.3 Å². The predicted octanol–water partition coefficient (Wildman–Crippen LogP) is 5.17. The van der Waals surface area contributed by atoms with Gasteiger partial charge in [-0.3, -0.25) is 9.58 Å². The first-order valence-corrected chi connectivity index (χ1v) is 12.9. The lowest BCUT2D eigenvalue weighted by Crippen LogP contribution is -2.25. The number of likely N-dealkylation sites (tertiary alicyclic amines) is 1. The molecule has 1 aliphatic heterocycles. The highest BCUT2D eigenvalue weighted by Crippen LogP contribution is 2.23. The monoisotopic (exact) mass is 493 g/mol. The molecule has 4 heterocycles. The van der Waals surface area contributed by atoms with Gasteiger partial charge in [-0.05, 0) is 74.8 Å². The molecule has 8 heteroatoms. The van der Waals surface area contributed by atoms with Crippen molar-refractivity contribution in [2.45, 2.75) is 26.3 Å². The number of benzene rings is 2. The van der Waals surface area contributed by atoms with E-state index in [9.17, 15) is 0 Å². The summed E-state index contributed by atoms with van der Waals surface area (Å²) < 4.78 is 9.72. The van der Waals surface area contributed by atoms with Gasteiger partial charge in [0.1, 0.15) is 12.4 Å². The Hall–Kier alpha value is -4.17. The zero-order valence-electron chi connectivity index (χ0n) is 21.0. The molecule has 1 fully saturated rings. The highest BCUT2D eigenvalue weighted by Gasteiger charge is 2.12. The molecule has 0 radical (unpaired) electrons. The van der Waals surface area contributed by atoms with Crippen molar-refractivity contribution in [1.29, 1.82) is 0 Å². The first-order chi connectivity index (χ1) is 18.2. The van der Waals surface area contributed by atoms with Crippen LogP contribution in [0.1, 0.15) is 24.0 Å². The number of nitrogens with zero attached hydrogens (tertiary/aromatic N) is 6. The van der Waals surface area contributed by atoms with Gasteiger partial charge in [0.25, 0.3) is 0 Å². The Morgan fingerprint density at radius 3 is 2.65 bits per heavy atom. The largest absolute Gasteiger partial charge is 0.492 e. The van der Waals surface area contributed by atoms with Gasteiger partial charge in [0.15, 0.2) is 5.65 Å². The summed E-state index contributed by atoms with van der Waals surface area (Å²) in [6.07, 6.45) is 6.53. The lowest BCUT2D eigenvalue weighted by atomic mass is 10.1. The summed E-state index contributed by atoms with van der Waals surface area (Å²) in [6.45, 7) is 6.91. The molecule has 6 rings (SSSR count). The van der Waals surface area contributed by atoms with Gasteiger partial charge in [-0.25, -0.2) is 4.52 Å². The number of rotatable bonds is 9. The average Bonchev–Trinajstić information content (AvgIpc) is 3.66. The Morgan fingerprint density at radius 1 is 0.973 bits per heavy atom. The number of pyridine rings is 1. The van der Waals surface area contributed by atoms with E-state index in [0.29, 0.717) is 12.6 Å². The van der Waals surface area contributed by atoms with Crippen molar-refractivity contribution in [2.75, 3.05) is 31.6 Å². The van der Waals surface area contributed by atoms with Crippen molar-refractivity contribution in [2.24, 2.45) is 0 Å². The second-order valence-electron chi connectivity index (χ2n) is 9.58. The van der Waals surface area contributed by atoms with E-state index in [1.54, 1.807) is 0 Å². The van der Waals surface area contributed by atoms with E-state index in [-0.39, 0.29) is 0 Å². The number of fused-ring (bicyclic) bond motifs is 1. The molecule has 8 nitrogen and oxygen atoms in total. The quantitative estimate of drug-likeness (QED) is 0.306. The van der Waals surface area contributed by atoms with Gasteiger partial charge < -0.3 is 10.1 Å². The second-order valence-corrected chi connectivity index (χ2v) is 9.58. The molecule has 37 heavy (non-hydrogen) atoms. The molecule has 0 atom stereocenters. The zero-order chi connectivity index (χ0) is 25.0. The van der Waals surface area contributed by atoms with Crippen LogP contribution >= 0.6 is 0 Å². The molecule has 5 aromatic rings. The molecular formula is C29H31N7O. The fourth-order valence-corrected chi connectivity index (χ4v) is 4.82. The van der Waals surface area contributed by atoms with Crippen LogP contribution in [0.15, 0.2) is 79.1 Å². The minimum Gasteiger partial charge on any atom is -0.492 e. The van der Waals surface area contributed by atoms with Crippen molar-refractivity contribution in [3.63, 3.8) is 0 Å². The highest BCUT2D eigenvalue weighted by atomic mass is 16.5. The number of nitrogens with one attached hydrogen (secondary N) is 1. The van der Waals surface area contributed by atoms with Gasteiger partial charge in [-0.15, -0.1) is 5.10 Å². The Balaban J connectivity index is 1.13. The molecule has 188 valence electrons. The fraction of sp³-hybridized carbons (Fsp3) is 0.276. The third-order valence-corrected chi connectivity index (χ3v) is 6.70. The van der Waals surface area contributed by atoms with Crippen LogP contribution in [0.5, 0.6) is 5.75 Å². The number of aryl methyl sites for hydroxylation is 1. The van der Waals surface area contributed by atoms with E-state index < -0.39 is 0 Å². The van der Waals surface area contributed by atoms with E-state index in [2.05, 4.69) is 51.5 Å². The standard InChI is InChI=1S/C29H31N7O/c1-22-6-4-7-23(18-22)20-35-21-24(19-30-35)27-8-5-9-28-32-29(33-36(27)28)31-25-10-12-26(13-11-25)37-17-16-34-14-2-3-15-34/h4-13,18-19,21H,2-3,14-17,20H2,1H3,(H,31,33). The number of hydrogen-bond donors (Lipinski definition) is 1. The van der Waals surface area contributed by atoms with Crippen molar-refractivity contribution in [3.05, 3.63) is 90.3 Å². The Morgan fingerprint density at radius 2 is 1.81 bits per heavy atom. The van der Waals surface area contributed by atoms with E-state index in [0.717, 1.165) is 41.4 Å². The maximum Gasteiger partial charge on any atom is 0.247 e. The topological polar surface area (TPSA) is 72.5 Å². The Bertz CT molecular complexity index is 1480. The van der Waals surface area contributed by atoms with Gasteiger partial charge in [0, 0.05) is 24.0 Å². The summed E-state index contributed by atoms with van der Waals surface area (Å²) in [7, 11) is 0. The molecule has 0 amide bonds. The van der Waals surface area contributed by atoms with Crippen LogP contribution in [-0.2, 0) is 6.54 Å². The van der Waals surface area contributed by atoms with E-state index in [1.807, 2.05) is 64.1 Å². The van der Waals surface area contributed by atoms with Gasteiger partial charge >= 0.3 is 0 Å². The third kappa shape index (κ3) is 5.49. The normalized spacial score (nSPS) is 13.9. The molecule has 0 spiro atoms. The molecule has 0 saturated carbocycles. The van der Waals surface area contributed by atoms with Crippen LogP contribution in [0, 0.1) is 6.92 Å². The van der Waals surface area contributed by atoms with Crippen LogP contribution in [0.4, 0.5) is 11.6 Å². The van der Waals surface area contributed by atoms with Gasteiger partial charge in [-0.2, -0.15) is 10.1 Å². The molecule has 3 aromatic heterocycles. The summed E-state index contributed by atoms with van der Waals surface area (Å²) >= 11 is 0. The minimum absolute atomic E-state index is 0.544. The molecule has 1 aliphatic rings. The first-order valence-electron chi connectivity index (χ1n) is 12.9. The molecule has 0 bridgehead atoms. The SMILES string of the molecule is Cc1cccc(Cn2cc(-c3cccc4nc(Nc5ccc(OCCN6CCCC6)cc5)nn34)cn2)c1. The number of ether oxygens (including phenoxy) is 1. The van der Waals surface area contributed by atoms with Crippen molar-refractivity contribution in [1.82, 2.24) is 29.3 Å². The Labute approximate surface area is 216 Å². The molecule has 0 aliphatic carbocycles. The van der Waals surface area contributed by atoms with Crippen LogP contribution < -0.4 is 10.1 Å². The third-order valence-electron chi connectivity index (χ3n) is 6.70. The van der Waals surface area contributed by atoms with Crippen LogP contribution in [0.25, 0.3) is 16.9 Å². The second kappa shape index (κ2) is 10.4.